The van der Waals surface area contributed by atoms with Crippen molar-refractivity contribution in [2.45, 2.75) is 24.7 Å². The molecule has 0 bridgehead atoms. The molecule has 2 heteroatoms. The van der Waals surface area contributed by atoms with Crippen LogP contribution in [0.3, 0.4) is 0 Å². The van der Waals surface area contributed by atoms with Crippen molar-refractivity contribution in [2.75, 3.05) is 4.90 Å². The molecular weight excluding hydrogens is 797 g/mol. The Balaban J connectivity index is 1.05. The number of para-hydroxylation sites is 2. The van der Waals surface area contributed by atoms with Crippen LogP contribution in [-0.2, 0) is 10.8 Å². The van der Waals surface area contributed by atoms with E-state index >= 15 is 0 Å². The number of nitrogens with zero attached hydrogens (tertiary/aromatic N) is 2. The van der Waals surface area contributed by atoms with Gasteiger partial charge in [0.25, 0.3) is 0 Å². The second kappa shape index (κ2) is 13.7. The van der Waals surface area contributed by atoms with Crippen molar-refractivity contribution in [3.63, 3.8) is 0 Å². The van der Waals surface area contributed by atoms with Crippen molar-refractivity contribution < 1.29 is 0 Å². The number of benzene rings is 10. The van der Waals surface area contributed by atoms with Crippen LogP contribution in [0, 0.1) is 0 Å². The normalized spacial score (nSPS) is 15.6. The van der Waals surface area contributed by atoms with Crippen molar-refractivity contribution in [1.82, 2.24) is 4.57 Å². The van der Waals surface area contributed by atoms with Gasteiger partial charge in [-0.2, -0.15) is 0 Å². The summed E-state index contributed by atoms with van der Waals surface area (Å²) in [6.07, 6.45) is 0. The summed E-state index contributed by atoms with van der Waals surface area (Å²) in [6.45, 7) is 4.77. The van der Waals surface area contributed by atoms with Crippen molar-refractivity contribution in [1.29, 1.82) is 0 Å². The lowest BCUT2D eigenvalue weighted by atomic mass is 9.70. The van der Waals surface area contributed by atoms with Crippen LogP contribution in [0.4, 0.5) is 17.1 Å². The fourth-order valence-electron chi connectivity index (χ4n) is 12.4. The fourth-order valence-corrected chi connectivity index (χ4v) is 12.4. The van der Waals surface area contributed by atoms with E-state index in [0.29, 0.717) is 0 Å². The highest BCUT2D eigenvalue weighted by molar-refractivity contribution is 6.09. The third-order valence-electron chi connectivity index (χ3n) is 15.2. The summed E-state index contributed by atoms with van der Waals surface area (Å²) >= 11 is 0. The van der Waals surface area contributed by atoms with Crippen molar-refractivity contribution >= 4 is 38.9 Å². The zero-order valence-corrected chi connectivity index (χ0v) is 36.8. The molecule has 11 aromatic rings. The van der Waals surface area contributed by atoms with Gasteiger partial charge in [-0.25, -0.2) is 0 Å². The van der Waals surface area contributed by atoms with E-state index in [1.54, 1.807) is 0 Å². The van der Waals surface area contributed by atoms with E-state index in [1.807, 2.05) is 0 Å². The summed E-state index contributed by atoms with van der Waals surface area (Å²) in [5, 5.41) is 2.51. The third kappa shape index (κ3) is 4.91. The van der Waals surface area contributed by atoms with E-state index in [1.165, 1.54) is 99.7 Å². The summed E-state index contributed by atoms with van der Waals surface area (Å²) in [7, 11) is 0. The van der Waals surface area contributed by atoms with Crippen molar-refractivity contribution in [2.24, 2.45) is 0 Å². The van der Waals surface area contributed by atoms with Crippen LogP contribution in [0.2, 0.25) is 0 Å². The van der Waals surface area contributed by atoms with Gasteiger partial charge in [0.15, 0.2) is 0 Å². The number of aromatic nitrogens is 1. The van der Waals surface area contributed by atoms with Gasteiger partial charge in [-0.3, -0.25) is 0 Å². The van der Waals surface area contributed by atoms with Crippen molar-refractivity contribution in [3.8, 4) is 50.2 Å². The Morgan fingerprint density at radius 2 is 0.894 bits per heavy atom. The molecule has 1 spiro atoms. The highest BCUT2D eigenvalue weighted by Gasteiger charge is 2.52. The Morgan fingerprint density at radius 3 is 1.65 bits per heavy atom. The number of hydrogen-bond acceptors (Lipinski definition) is 1. The monoisotopic (exact) mass is 840 g/mol. The maximum absolute atomic E-state index is 2.55. The highest BCUT2D eigenvalue weighted by atomic mass is 15.1. The first kappa shape index (κ1) is 37.2. The first-order valence-electron chi connectivity index (χ1n) is 23.2. The average molecular weight is 841 g/mol. The molecule has 0 radical (unpaired) electrons. The second-order valence-electron chi connectivity index (χ2n) is 18.8. The predicted octanol–water partition coefficient (Wildman–Crippen LogP) is 16.6. The summed E-state index contributed by atoms with van der Waals surface area (Å²) in [4.78, 5) is 2.55. The van der Waals surface area contributed by atoms with Crippen molar-refractivity contribution in [3.05, 3.63) is 264 Å². The summed E-state index contributed by atoms with van der Waals surface area (Å²) in [6, 6.07) is 86.4. The Bertz CT molecular complexity index is 3760. The van der Waals surface area contributed by atoms with E-state index in [4.69, 9.17) is 0 Å². The molecule has 310 valence electrons. The molecule has 3 aliphatic carbocycles. The van der Waals surface area contributed by atoms with Crippen LogP contribution in [0.1, 0.15) is 47.2 Å². The molecule has 2 nitrogen and oxygen atoms in total. The minimum absolute atomic E-state index is 0.165. The molecule has 3 aliphatic rings. The lowest BCUT2D eigenvalue weighted by molar-refractivity contribution is 0.660. The van der Waals surface area contributed by atoms with Gasteiger partial charge in [-0.05, 0) is 127 Å². The Kier molecular flexibility index (Phi) is 7.70. The lowest BCUT2D eigenvalue weighted by Gasteiger charge is -2.32. The quantitative estimate of drug-likeness (QED) is 0.168. The molecule has 1 atom stereocenters. The van der Waals surface area contributed by atoms with Gasteiger partial charge in [0.2, 0.25) is 0 Å². The van der Waals surface area contributed by atoms with Crippen LogP contribution in [0.25, 0.3) is 72.0 Å². The van der Waals surface area contributed by atoms with E-state index in [9.17, 15) is 0 Å². The van der Waals surface area contributed by atoms with Gasteiger partial charge in [-0.15, -0.1) is 0 Å². The number of hydrogen-bond donors (Lipinski definition) is 0. The molecule has 0 amide bonds. The van der Waals surface area contributed by atoms with Gasteiger partial charge >= 0.3 is 0 Å². The lowest BCUT2D eigenvalue weighted by Crippen LogP contribution is -2.26. The van der Waals surface area contributed by atoms with Gasteiger partial charge in [0.1, 0.15) is 0 Å². The van der Waals surface area contributed by atoms with Gasteiger partial charge < -0.3 is 9.47 Å². The molecule has 0 saturated heterocycles. The zero-order valence-electron chi connectivity index (χ0n) is 36.8. The second-order valence-corrected chi connectivity index (χ2v) is 18.8. The Morgan fingerprint density at radius 1 is 0.348 bits per heavy atom. The number of fused-ring (bicyclic) bond motifs is 16. The third-order valence-corrected chi connectivity index (χ3v) is 15.2. The molecule has 1 unspecified atom stereocenters. The highest BCUT2D eigenvalue weighted by Crippen LogP contribution is 2.65. The number of rotatable bonds is 5. The molecule has 10 aromatic carbocycles. The van der Waals surface area contributed by atoms with Crippen LogP contribution < -0.4 is 4.90 Å². The minimum atomic E-state index is -0.517. The van der Waals surface area contributed by atoms with Crippen LogP contribution in [-0.4, -0.2) is 4.57 Å². The maximum Gasteiger partial charge on any atom is 0.0726 e. The van der Waals surface area contributed by atoms with Crippen LogP contribution in [0.5, 0.6) is 0 Å². The summed E-state index contributed by atoms with van der Waals surface area (Å²) < 4.78 is 2.44. The summed E-state index contributed by atoms with van der Waals surface area (Å²) in [5.41, 5.74) is 24.5. The molecule has 14 rings (SSSR count). The Hall–Kier alpha value is -8.20. The first-order chi connectivity index (χ1) is 32.5. The summed E-state index contributed by atoms with van der Waals surface area (Å²) in [5.74, 6) is 0. The molecule has 1 aromatic heterocycles. The smallest absolute Gasteiger partial charge is 0.0726 e. The van der Waals surface area contributed by atoms with E-state index in [-0.39, 0.29) is 5.41 Å². The molecule has 0 N–H and O–H groups in total. The average Bonchev–Trinajstić information content (AvgIpc) is 4.05. The van der Waals surface area contributed by atoms with Gasteiger partial charge in [-0.1, -0.05) is 190 Å². The zero-order chi connectivity index (χ0) is 43.7. The minimum Gasteiger partial charge on any atom is -0.310 e. The molecule has 66 heavy (non-hydrogen) atoms. The molecule has 0 aliphatic heterocycles. The Labute approximate surface area is 385 Å². The largest absolute Gasteiger partial charge is 0.310 e. The number of anilines is 3. The standard InChI is InChI=1S/C64H44N2/c1-63(2)53-27-11-6-22-46(53)48-37-35-45(40-57(48)63)65(43-20-16-21-44(39-43)66-59-31-14-9-24-50(59)51-25-10-15-32-60(51)66)61-33-17-30-56-62(61)52-26-8-13-29-55(52)64(56)54-28-12-7-23-47(54)49-36-34-42(38-58(49)64)41-18-4-3-5-19-41/h3-40H,1-2H3. The van der Waals surface area contributed by atoms with Gasteiger partial charge in [0, 0.05) is 38.8 Å². The van der Waals surface area contributed by atoms with E-state index in [2.05, 4.69) is 254 Å². The van der Waals surface area contributed by atoms with E-state index in [0.717, 1.165) is 22.7 Å². The first-order valence-corrected chi connectivity index (χ1v) is 23.2. The van der Waals surface area contributed by atoms with E-state index < -0.39 is 5.41 Å². The topological polar surface area (TPSA) is 8.17 Å². The fraction of sp³-hybridized carbons (Fsp3) is 0.0625. The predicted molar refractivity (Wildman–Crippen MR) is 275 cm³/mol. The molecule has 1 heterocycles. The molecular formula is C64H44N2. The molecule has 0 saturated carbocycles. The SMILES string of the molecule is CC1(C)c2ccccc2-c2ccc(N(c3cccc(-n4c5ccccc5c5ccccc54)c3)c3cccc4c3-c3ccccc3C43c4ccccc4-c4ccc(-c5ccccc5)cc43)cc21. The maximum atomic E-state index is 2.55. The van der Waals surface area contributed by atoms with Gasteiger partial charge in [0.05, 0.1) is 22.1 Å². The van der Waals surface area contributed by atoms with Crippen LogP contribution >= 0.6 is 0 Å². The molecule has 0 fully saturated rings. The van der Waals surface area contributed by atoms with Crippen LogP contribution in [0.15, 0.2) is 231 Å².